The number of rotatable bonds is 4. The lowest BCUT2D eigenvalue weighted by Crippen LogP contribution is -2.28. The van der Waals surface area contributed by atoms with Crippen molar-refractivity contribution in [1.29, 1.82) is 0 Å². The molecule has 14 heavy (non-hydrogen) atoms. The average Bonchev–Trinajstić information content (AvgIpc) is 2.62. The molecule has 1 heterocycles. The average molecular weight is 216 g/mol. The Morgan fingerprint density at radius 2 is 2.36 bits per heavy atom. The summed E-state index contributed by atoms with van der Waals surface area (Å²) in [4.78, 5) is 11.4. The van der Waals surface area contributed by atoms with E-state index < -0.39 is 0 Å². The first-order chi connectivity index (χ1) is 6.63. The molecule has 0 aliphatic carbocycles. The Labute approximate surface area is 88.4 Å². The van der Waals surface area contributed by atoms with Crippen LogP contribution >= 0.6 is 11.6 Å². The molecule has 0 bridgehead atoms. The van der Waals surface area contributed by atoms with Gasteiger partial charge in [0, 0.05) is 18.3 Å². The highest BCUT2D eigenvalue weighted by atomic mass is 35.5. The van der Waals surface area contributed by atoms with Gasteiger partial charge in [-0.2, -0.15) is 0 Å². The minimum absolute atomic E-state index is 0.0699. The summed E-state index contributed by atoms with van der Waals surface area (Å²) < 4.78 is 5.27. The molecular weight excluding hydrogens is 202 g/mol. The zero-order valence-corrected chi connectivity index (χ0v) is 9.10. The van der Waals surface area contributed by atoms with Crippen molar-refractivity contribution in [3.05, 3.63) is 23.7 Å². The molecule has 0 radical (unpaired) electrons. The Bertz CT molecular complexity index is 307. The number of alkyl halides is 1. The van der Waals surface area contributed by atoms with Crippen molar-refractivity contribution >= 4 is 17.5 Å². The van der Waals surface area contributed by atoms with Crippen molar-refractivity contribution in [1.82, 2.24) is 5.32 Å². The highest BCUT2D eigenvalue weighted by molar-refractivity contribution is 6.20. The van der Waals surface area contributed by atoms with Gasteiger partial charge in [-0.3, -0.25) is 4.79 Å². The molecule has 0 spiro atoms. The number of aryl methyl sites for hydroxylation is 1. The first-order valence-corrected chi connectivity index (χ1v) is 5.08. The Kier molecular flexibility index (Phi) is 4.01. The minimum Gasteiger partial charge on any atom is -0.456 e. The predicted molar refractivity (Wildman–Crippen MR) is 55.7 cm³/mol. The van der Waals surface area contributed by atoms with Crippen molar-refractivity contribution in [2.75, 3.05) is 6.54 Å². The van der Waals surface area contributed by atoms with Crippen molar-refractivity contribution in [3.8, 4) is 0 Å². The molecule has 0 aliphatic rings. The standard InChI is InChI=1S/C10H14ClNO2/c1-3-8-4-5-9(14-8)10(13)12-6-7(2)11/h4-5,7H,3,6H2,1-2H3,(H,12,13). The van der Waals surface area contributed by atoms with Gasteiger partial charge in [0.25, 0.3) is 5.91 Å². The van der Waals surface area contributed by atoms with Gasteiger partial charge in [0.2, 0.25) is 0 Å². The number of hydrogen-bond donors (Lipinski definition) is 1. The summed E-state index contributed by atoms with van der Waals surface area (Å²) in [6.45, 7) is 4.24. The number of carbonyl (C=O) groups is 1. The van der Waals surface area contributed by atoms with E-state index >= 15 is 0 Å². The van der Waals surface area contributed by atoms with Crippen LogP contribution in [0.1, 0.15) is 30.2 Å². The molecule has 3 nitrogen and oxygen atoms in total. The topological polar surface area (TPSA) is 42.2 Å². The van der Waals surface area contributed by atoms with E-state index in [1.54, 1.807) is 12.1 Å². The second-order valence-electron chi connectivity index (χ2n) is 3.11. The maximum atomic E-state index is 11.4. The maximum Gasteiger partial charge on any atom is 0.287 e. The Morgan fingerprint density at radius 1 is 1.64 bits per heavy atom. The van der Waals surface area contributed by atoms with E-state index in [2.05, 4.69) is 5.32 Å². The SMILES string of the molecule is CCc1ccc(C(=O)NCC(C)Cl)o1. The zero-order valence-electron chi connectivity index (χ0n) is 8.34. The van der Waals surface area contributed by atoms with Crippen molar-refractivity contribution in [2.24, 2.45) is 0 Å². The van der Waals surface area contributed by atoms with Gasteiger partial charge in [0.1, 0.15) is 5.76 Å². The number of halogens is 1. The molecule has 0 saturated heterocycles. The lowest BCUT2D eigenvalue weighted by Gasteiger charge is -2.03. The van der Waals surface area contributed by atoms with Crippen LogP contribution in [0.3, 0.4) is 0 Å². The number of hydrogen-bond acceptors (Lipinski definition) is 2. The van der Waals surface area contributed by atoms with Crippen LogP contribution in [0.15, 0.2) is 16.5 Å². The molecule has 78 valence electrons. The van der Waals surface area contributed by atoms with Crippen LogP contribution in [0.4, 0.5) is 0 Å². The fraction of sp³-hybridized carbons (Fsp3) is 0.500. The Morgan fingerprint density at radius 3 is 2.86 bits per heavy atom. The van der Waals surface area contributed by atoms with Gasteiger partial charge in [-0.1, -0.05) is 6.92 Å². The third kappa shape index (κ3) is 3.07. The van der Waals surface area contributed by atoms with Crippen LogP contribution in [0.5, 0.6) is 0 Å². The number of nitrogens with one attached hydrogen (secondary N) is 1. The third-order valence-corrected chi connectivity index (χ3v) is 1.93. The first kappa shape index (κ1) is 11.1. The molecule has 4 heteroatoms. The van der Waals surface area contributed by atoms with E-state index in [1.807, 2.05) is 13.8 Å². The van der Waals surface area contributed by atoms with E-state index in [0.717, 1.165) is 12.2 Å². The molecule has 1 atom stereocenters. The van der Waals surface area contributed by atoms with Gasteiger partial charge in [0.15, 0.2) is 5.76 Å². The lowest BCUT2D eigenvalue weighted by molar-refractivity contribution is 0.0924. The minimum atomic E-state index is -0.211. The second-order valence-corrected chi connectivity index (χ2v) is 3.86. The van der Waals surface area contributed by atoms with Crippen LogP contribution in [-0.2, 0) is 6.42 Å². The molecule has 0 fully saturated rings. The summed E-state index contributed by atoms with van der Waals surface area (Å²) in [7, 11) is 0. The van der Waals surface area contributed by atoms with Gasteiger partial charge in [-0.15, -0.1) is 11.6 Å². The lowest BCUT2D eigenvalue weighted by atomic mass is 10.3. The highest BCUT2D eigenvalue weighted by Crippen LogP contribution is 2.08. The molecule has 1 aromatic rings. The summed E-state index contributed by atoms with van der Waals surface area (Å²) in [5, 5.41) is 2.60. The van der Waals surface area contributed by atoms with Crippen LogP contribution in [-0.4, -0.2) is 17.8 Å². The quantitative estimate of drug-likeness (QED) is 0.783. The molecule has 1 unspecified atom stereocenters. The molecular formula is C10H14ClNO2. The monoisotopic (exact) mass is 215 g/mol. The van der Waals surface area contributed by atoms with Gasteiger partial charge < -0.3 is 9.73 Å². The Hall–Kier alpha value is -0.960. The highest BCUT2D eigenvalue weighted by Gasteiger charge is 2.10. The molecule has 1 rings (SSSR count). The summed E-state index contributed by atoms with van der Waals surface area (Å²) >= 11 is 5.70. The summed E-state index contributed by atoms with van der Waals surface area (Å²) in [5.74, 6) is 0.949. The fourth-order valence-corrected chi connectivity index (χ4v) is 1.09. The van der Waals surface area contributed by atoms with Crippen LogP contribution in [0, 0.1) is 0 Å². The summed E-state index contributed by atoms with van der Waals surface area (Å²) in [6.07, 6.45) is 0.791. The van der Waals surface area contributed by atoms with E-state index in [9.17, 15) is 4.79 Å². The van der Waals surface area contributed by atoms with Gasteiger partial charge in [-0.05, 0) is 19.1 Å². The van der Waals surface area contributed by atoms with Gasteiger partial charge >= 0.3 is 0 Å². The molecule has 0 aromatic carbocycles. The van der Waals surface area contributed by atoms with Crippen LogP contribution < -0.4 is 5.32 Å². The largest absolute Gasteiger partial charge is 0.456 e. The number of carbonyl (C=O) groups excluding carboxylic acids is 1. The third-order valence-electron chi connectivity index (χ3n) is 1.78. The number of amides is 1. The smallest absolute Gasteiger partial charge is 0.287 e. The second kappa shape index (κ2) is 5.05. The first-order valence-electron chi connectivity index (χ1n) is 4.64. The Balaban J connectivity index is 2.52. The van der Waals surface area contributed by atoms with Crippen molar-refractivity contribution < 1.29 is 9.21 Å². The van der Waals surface area contributed by atoms with E-state index in [-0.39, 0.29) is 11.3 Å². The molecule has 0 saturated carbocycles. The van der Waals surface area contributed by atoms with Crippen molar-refractivity contribution in [3.63, 3.8) is 0 Å². The van der Waals surface area contributed by atoms with E-state index in [0.29, 0.717) is 12.3 Å². The van der Waals surface area contributed by atoms with Crippen molar-refractivity contribution in [2.45, 2.75) is 25.6 Å². The summed E-state index contributed by atoms with van der Waals surface area (Å²) in [5.41, 5.74) is 0. The van der Waals surface area contributed by atoms with E-state index in [1.165, 1.54) is 0 Å². The molecule has 0 aliphatic heterocycles. The van der Waals surface area contributed by atoms with E-state index in [4.69, 9.17) is 16.0 Å². The number of furan rings is 1. The van der Waals surface area contributed by atoms with Gasteiger partial charge in [-0.25, -0.2) is 0 Å². The fourth-order valence-electron chi connectivity index (χ4n) is 1.01. The summed E-state index contributed by atoms with van der Waals surface area (Å²) in [6, 6.07) is 3.48. The zero-order chi connectivity index (χ0) is 10.6. The van der Waals surface area contributed by atoms with Crippen LogP contribution in [0.2, 0.25) is 0 Å². The molecule has 1 aromatic heterocycles. The normalized spacial score (nSPS) is 12.5. The van der Waals surface area contributed by atoms with Gasteiger partial charge in [0.05, 0.1) is 0 Å². The van der Waals surface area contributed by atoms with Crippen LogP contribution in [0.25, 0.3) is 0 Å². The maximum absolute atomic E-state index is 11.4. The molecule has 1 amide bonds. The predicted octanol–water partition coefficient (Wildman–Crippen LogP) is 2.20. The molecule has 1 N–H and O–H groups in total.